The molecule has 12 heteroatoms. The van der Waals surface area contributed by atoms with Crippen LogP contribution in [0.25, 0.3) is 0 Å². The van der Waals surface area contributed by atoms with Crippen LogP contribution in [0.5, 0.6) is 0 Å². The van der Waals surface area contributed by atoms with Crippen molar-refractivity contribution in [3.63, 3.8) is 0 Å². The summed E-state index contributed by atoms with van der Waals surface area (Å²) < 4.78 is 50.4. The fourth-order valence-electron chi connectivity index (χ4n) is 3.22. The molecule has 1 aromatic heterocycles. The van der Waals surface area contributed by atoms with Crippen LogP contribution in [0.15, 0.2) is 24.3 Å². The number of nitrogens with zero attached hydrogens (tertiary/aromatic N) is 2. The summed E-state index contributed by atoms with van der Waals surface area (Å²) >= 11 is 0. The summed E-state index contributed by atoms with van der Waals surface area (Å²) in [6.07, 6.45) is -4.76. The van der Waals surface area contributed by atoms with Crippen molar-refractivity contribution in [2.45, 2.75) is 39.5 Å². The zero-order valence-electron chi connectivity index (χ0n) is 18.5. The summed E-state index contributed by atoms with van der Waals surface area (Å²) in [6.45, 7) is 5.34. The highest BCUT2D eigenvalue weighted by atomic mass is 19.4. The molecule has 0 aliphatic rings. The van der Waals surface area contributed by atoms with E-state index in [1.807, 2.05) is 11.5 Å². The van der Waals surface area contributed by atoms with E-state index in [1.54, 1.807) is 20.1 Å². The number of aryl methyl sites for hydroxylation is 1. The van der Waals surface area contributed by atoms with Crippen molar-refractivity contribution in [1.29, 1.82) is 0 Å². The van der Waals surface area contributed by atoms with Crippen molar-refractivity contribution in [2.24, 2.45) is 0 Å². The second-order valence-corrected chi connectivity index (χ2v) is 7.31. The Labute approximate surface area is 187 Å². The fraction of sp³-hybridized carbons (Fsp3) is 0.429. The van der Waals surface area contributed by atoms with Gasteiger partial charge in [-0.15, -0.1) is 0 Å². The molecular formula is C21H24F3N3O6. The number of methoxy groups -OCH3 is 1. The summed E-state index contributed by atoms with van der Waals surface area (Å²) in [5, 5.41) is 13.6. The Balaban J connectivity index is 2.06. The number of hydrogen-bond acceptors (Lipinski definition) is 7. The number of hydrogen-bond donors (Lipinski definition) is 1. The Morgan fingerprint density at radius 1 is 1.24 bits per heavy atom. The van der Waals surface area contributed by atoms with Gasteiger partial charge in [-0.2, -0.15) is 13.2 Å². The fourth-order valence-corrected chi connectivity index (χ4v) is 3.22. The lowest BCUT2D eigenvalue weighted by molar-refractivity contribution is -0.384. The topological polar surface area (TPSA) is 113 Å². The van der Waals surface area contributed by atoms with Crippen LogP contribution in [0.3, 0.4) is 0 Å². The van der Waals surface area contributed by atoms with E-state index in [1.165, 1.54) is 6.92 Å². The zero-order chi connectivity index (χ0) is 24.9. The smallest absolute Gasteiger partial charge is 0.416 e. The minimum atomic E-state index is -4.76. The molecule has 180 valence electrons. The number of carbonyl (C=O) groups is 2. The number of aromatic nitrogens is 1. The van der Waals surface area contributed by atoms with Crippen LogP contribution in [0.1, 0.15) is 34.2 Å². The first-order valence-electron chi connectivity index (χ1n) is 9.84. The monoisotopic (exact) mass is 471 g/mol. The number of alkyl halides is 3. The summed E-state index contributed by atoms with van der Waals surface area (Å²) in [4.78, 5) is 35.0. The molecule has 0 fully saturated rings. The van der Waals surface area contributed by atoms with Crippen molar-refractivity contribution < 1.29 is 37.2 Å². The van der Waals surface area contributed by atoms with Crippen LogP contribution in [0, 0.1) is 24.0 Å². The van der Waals surface area contributed by atoms with Crippen molar-refractivity contribution >= 4 is 23.1 Å². The molecule has 33 heavy (non-hydrogen) atoms. The van der Waals surface area contributed by atoms with E-state index in [9.17, 15) is 32.9 Å². The lowest BCUT2D eigenvalue weighted by Gasteiger charge is -2.15. The van der Waals surface area contributed by atoms with E-state index in [2.05, 4.69) is 5.32 Å². The van der Waals surface area contributed by atoms with E-state index in [0.717, 1.165) is 11.8 Å². The van der Waals surface area contributed by atoms with Crippen LogP contribution < -0.4 is 5.32 Å². The Morgan fingerprint density at radius 2 is 1.91 bits per heavy atom. The number of ketones is 1. The number of ether oxygens (including phenoxy) is 2. The van der Waals surface area contributed by atoms with Crippen LogP contribution in [-0.2, 0) is 27.0 Å². The average Bonchev–Trinajstić information content (AvgIpc) is 3.02. The van der Waals surface area contributed by atoms with Gasteiger partial charge in [-0.25, -0.2) is 4.79 Å². The molecule has 1 heterocycles. The lowest BCUT2D eigenvalue weighted by atomic mass is 10.1. The van der Waals surface area contributed by atoms with Crippen LogP contribution in [0.2, 0.25) is 0 Å². The number of anilines is 1. The van der Waals surface area contributed by atoms with Crippen molar-refractivity contribution in [3.8, 4) is 0 Å². The summed E-state index contributed by atoms with van der Waals surface area (Å²) in [6, 6.07) is 2.42. The highest BCUT2D eigenvalue weighted by Gasteiger charge is 2.33. The third-order valence-electron chi connectivity index (χ3n) is 4.99. The number of rotatable bonds is 10. The van der Waals surface area contributed by atoms with Gasteiger partial charge in [-0.3, -0.25) is 14.9 Å². The van der Waals surface area contributed by atoms with E-state index < -0.39 is 46.8 Å². The Hall–Kier alpha value is -3.41. The number of nitrogens with one attached hydrogen (secondary N) is 1. The molecule has 0 radical (unpaired) electrons. The number of esters is 1. The molecule has 1 atom stereocenters. The Kier molecular flexibility index (Phi) is 8.20. The van der Waals surface area contributed by atoms with Crippen molar-refractivity contribution in [1.82, 2.24) is 4.57 Å². The quantitative estimate of drug-likeness (QED) is 0.242. The predicted molar refractivity (Wildman–Crippen MR) is 112 cm³/mol. The molecule has 0 aliphatic carbocycles. The summed E-state index contributed by atoms with van der Waals surface area (Å²) in [7, 11) is 1.56. The second-order valence-electron chi connectivity index (χ2n) is 7.31. The average molecular weight is 471 g/mol. The molecule has 0 saturated heterocycles. The first-order chi connectivity index (χ1) is 15.4. The van der Waals surface area contributed by atoms with Gasteiger partial charge in [0.2, 0.25) is 5.78 Å². The number of nitro groups is 1. The number of benzene rings is 1. The maximum absolute atomic E-state index is 12.8. The lowest BCUT2D eigenvalue weighted by Crippen LogP contribution is -2.30. The van der Waals surface area contributed by atoms with Gasteiger partial charge in [-0.1, -0.05) is 0 Å². The molecular weight excluding hydrogens is 447 g/mol. The molecule has 2 rings (SSSR count). The molecule has 9 nitrogen and oxygen atoms in total. The third kappa shape index (κ3) is 6.31. The van der Waals surface area contributed by atoms with Gasteiger partial charge in [0.1, 0.15) is 11.7 Å². The van der Waals surface area contributed by atoms with Crippen LogP contribution in [-0.4, -0.2) is 47.6 Å². The summed E-state index contributed by atoms with van der Waals surface area (Å²) in [5.41, 5.74) is -0.408. The minimum absolute atomic E-state index is 0.287. The molecule has 2 aromatic rings. The molecule has 0 spiro atoms. The normalized spacial score (nSPS) is 12.3. The van der Waals surface area contributed by atoms with Crippen molar-refractivity contribution in [2.75, 3.05) is 25.6 Å². The van der Waals surface area contributed by atoms with Crippen LogP contribution >= 0.6 is 0 Å². The molecule has 0 saturated carbocycles. The number of halogens is 3. The Bertz CT molecular complexity index is 1050. The SMILES string of the molecule is COCCn1c(C)cc(C(=O)COC(=O)[C@H](C)Nc2ccc(C(F)(F)F)cc2[N+](=O)[O-])c1C. The first kappa shape index (κ1) is 25.8. The van der Waals surface area contributed by atoms with E-state index in [4.69, 9.17) is 9.47 Å². The minimum Gasteiger partial charge on any atom is -0.456 e. The summed E-state index contributed by atoms with van der Waals surface area (Å²) in [5.74, 6) is -1.33. The van der Waals surface area contributed by atoms with Gasteiger partial charge in [0.25, 0.3) is 5.69 Å². The third-order valence-corrected chi connectivity index (χ3v) is 4.99. The molecule has 1 N–H and O–H groups in total. The van der Waals surface area contributed by atoms with Gasteiger partial charge in [0.15, 0.2) is 6.61 Å². The highest BCUT2D eigenvalue weighted by Crippen LogP contribution is 2.35. The van der Waals surface area contributed by atoms with Crippen molar-refractivity contribution in [3.05, 3.63) is 56.9 Å². The molecule has 0 unspecified atom stereocenters. The number of nitro benzene ring substituents is 1. The maximum atomic E-state index is 12.8. The number of carbonyl (C=O) groups excluding carboxylic acids is 2. The molecule has 0 amide bonds. The second kappa shape index (κ2) is 10.5. The van der Waals surface area contributed by atoms with Crippen LogP contribution in [0.4, 0.5) is 24.5 Å². The van der Waals surface area contributed by atoms with E-state index in [-0.39, 0.29) is 5.69 Å². The predicted octanol–water partition coefficient (Wildman–Crippen LogP) is 3.90. The van der Waals surface area contributed by atoms with Gasteiger partial charge in [-0.05, 0) is 39.0 Å². The van der Waals surface area contributed by atoms with Gasteiger partial charge in [0, 0.05) is 36.7 Å². The van der Waals surface area contributed by atoms with Gasteiger partial charge in [0.05, 0.1) is 17.1 Å². The first-order valence-corrected chi connectivity index (χ1v) is 9.84. The molecule has 0 bridgehead atoms. The zero-order valence-corrected chi connectivity index (χ0v) is 18.5. The van der Waals surface area contributed by atoms with E-state index in [0.29, 0.717) is 36.5 Å². The highest BCUT2D eigenvalue weighted by molar-refractivity contribution is 5.99. The van der Waals surface area contributed by atoms with Gasteiger partial charge < -0.3 is 19.4 Å². The largest absolute Gasteiger partial charge is 0.456 e. The molecule has 0 aliphatic heterocycles. The molecule has 1 aromatic carbocycles. The van der Waals surface area contributed by atoms with Gasteiger partial charge >= 0.3 is 12.1 Å². The number of Topliss-reactive ketones (excluding diaryl/α,β-unsaturated/α-hetero) is 1. The Morgan fingerprint density at radius 3 is 2.48 bits per heavy atom. The standard InChI is InChI=1S/C21H24F3N3O6/c1-12-9-16(14(3)26(12)7-8-32-4)19(28)11-33-20(29)13(2)25-17-6-5-15(21(22,23)24)10-18(17)27(30)31/h5-6,9-10,13,25H,7-8,11H2,1-4H3/t13-/m0/s1. The maximum Gasteiger partial charge on any atom is 0.416 e. The van der Waals surface area contributed by atoms with E-state index >= 15 is 0 Å².